The van der Waals surface area contributed by atoms with Crippen molar-refractivity contribution >= 4 is 21.8 Å². The summed E-state index contributed by atoms with van der Waals surface area (Å²) in [5, 5.41) is 0. The standard InChI is InChI=1S/C18H18BrNO2/c19-16-7-3-14(4-8-16)15-5-9-17(10-6-15)22-13-18(21)20-11-1-2-12-20/h3-10H,1-2,11-13H2. The van der Waals surface area contributed by atoms with Gasteiger partial charge in [0.1, 0.15) is 5.75 Å². The number of likely N-dealkylation sites (tertiary alicyclic amines) is 1. The van der Waals surface area contributed by atoms with Crippen LogP contribution in [0.1, 0.15) is 12.8 Å². The lowest BCUT2D eigenvalue weighted by Crippen LogP contribution is -2.32. The number of hydrogen-bond donors (Lipinski definition) is 0. The van der Waals surface area contributed by atoms with Crippen molar-refractivity contribution in [3.05, 3.63) is 53.0 Å². The number of nitrogens with zero attached hydrogens (tertiary/aromatic N) is 1. The third kappa shape index (κ3) is 3.69. The highest BCUT2D eigenvalue weighted by Crippen LogP contribution is 2.24. The van der Waals surface area contributed by atoms with Gasteiger partial charge in [0.25, 0.3) is 5.91 Å². The Kier molecular flexibility index (Phi) is 4.78. The molecule has 0 atom stereocenters. The Morgan fingerprint density at radius 2 is 1.50 bits per heavy atom. The fourth-order valence-electron chi connectivity index (χ4n) is 2.59. The van der Waals surface area contributed by atoms with Crippen molar-refractivity contribution < 1.29 is 9.53 Å². The van der Waals surface area contributed by atoms with Gasteiger partial charge in [-0.1, -0.05) is 40.2 Å². The van der Waals surface area contributed by atoms with Crippen LogP contribution >= 0.6 is 15.9 Å². The molecule has 114 valence electrons. The molecule has 0 bridgehead atoms. The summed E-state index contributed by atoms with van der Waals surface area (Å²) in [6.07, 6.45) is 2.21. The van der Waals surface area contributed by atoms with E-state index in [0.717, 1.165) is 47.3 Å². The molecule has 3 nitrogen and oxygen atoms in total. The van der Waals surface area contributed by atoms with Gasteiger partial charge in [0.2, 0.25) is 0 Å². The Bertz CT molecular complexity index is 631. The van der Waals surface area contributed by atoms with Crippen LogP contribution in [0.4, 0.5) is 0 Å². The highest BCUT2D eigenvalue weighted by atomic mass is 79.9. The van der Waals surface area contributed by atoms with Crippen LogP contribution in [0.15, 0.2) is 53.0 Å². The number of halogens is 1. The summed E-state index contributed by atoms with van der Waals surface area (Å²) >= 11 is 3.44. The molecule has 0 N–H and O–H groups in total. The number of ether oxygens (including phenoxy) is 1. The summed E-state index contributed by atoms with van der Waals surface area (Å²) in [6.45, 7) is 1.85. The van der Waals surface area contributed by atoms with Crippen LogP contribution in [-0.2, 0) is 4.79 Å². The Hall–Kier alpha value is -1.81. The molecule has 0 saturated carbocycles. The summed E-state index contributed by atoms with van der Waals surface area (Å²) in [6, 6.07) is 16.0. The average Bonchev–Trinajstić information content (AvgIpc) is 3.08. The second kappa shape index (κ2) is 6.97. The van der Waals surface area contributed by atoms with Crippen molar-refractivity contribution in [3.63, 3.8) is 0 Å². The van der Waals surface area contributed by atoms with E-state index in [1.807, 2.05) is 41.3 Å². The van der Waals surface area contributed by atoms with Gasteiger partial charge in [-0.05, 0) is 48.2 Å². The van der Waals surface area contributed by atoms with Gasteiger partial charge in [-0.15, -0.1) is 0 Å². The van der Waals surface area contributed by atoms with Crippen LogP contribution in [0.3, 0.4) is 0 Å². The van der Waals surface area contributed by atoms with E-state index in [1.54, 1.807) is 0 Å². The molecule has 1 aliphatic rings. The second-order valence-corrected chi connectivity index (χ2v) is 6.32. The summed E-state index contributed by atoms with van der Waals surface area (Å²) < 4.78 is 6.66. The minimum Gasteiger partial charge on any atom is -0.484 e. The maximum Gasteiger partial charge on any atom is 0.260 e. The zero-order valence-electron chi connectivity index (χ0n) is 12.3. The molecule has 0 unspecified atom stereocenters. The molecule has 3 rings (SSSR count). The number of benzene rings is 2. The van der Waals surface area contributed by atoms with Crippen LogP contribution in [0, 0.1) is 0 Å². The highest BCUT2D eigenvalue weighted by Gasteiger charge is 2.17. The molecule has 4 heteroatoms. The molecule has 22 heavy (non-hydrogen) atoms. The largest absolute Gasteiger partial charge is 0.484 e. The summed E-state index contributed by atoms with van der Waals surface area (Å²) in [5.74, 6) is 0.808. The third-order valence-electron chi connectivity index (χ3n) is 3.85. The maximum atomic E-state index is 11.9. The first-order chi connectivity index (χ1) is 10.7. The minimum absolute atomic E-state index is 0.0782. The Labute approximate surface area is 139 Å². The van der Waals surface area contributed by atoms with Gasteiger partial charge < -0.3 is 9.64 Å². The SMILES string of the molecule is O=C(COc1ccc(-c2ccc(Br)cc2)cc1)N1CCCC1. The van der Waals surface area contributed by atoms with E-state index in [1.165, 1.54) is 0 Å². The zero-order chi connectivity index (χ0) is 15.4. The monoisotopic (exact) mass is 359 g/mol. The maximum absolute atomic E-state index is 11.9. The van der Waals surface area contributed by atoms with Crippen LogP contribution in [0.5, 0.6) is 5.75 Å². The molecular formula is C18H18BrNO2. The van der Waals surface area contributed by atoms with Gasteiger partial charge in [0.05, 0.1) is 0 Å². The van der Waals surface area contributed by atoms with Gasteiger partial charge in [0, 0.05) is 17.6 Å². The zero-order valence-corrected chi connectivity index (χ0v) is 13.9. The van der Waals surface area contributed by atoms with Crippen LogP contribution < -0.4 is 4.74 Å². The molecule has 1 heterocycles. The minimum atomic E-state index is 0.0782. The Balaban J connectivity index is 1.59. The lowest BCUT2D eigenvalue weighted by Gasteiger charge is -2.15. The molecule has 0 aromatic heterocycles. The van der Waals surface area contributed by atoms with Gasteiger partial charge in [-0.25, -0.2) is 0 Å². The predicted molar refractivity (Wildman–Crippen MR) is 90.9 cm³/mol. The van der Waals surface area contributed by atoms with Crippen molar-refractivity contribution in [2.24, 2.45) is 0 Å². The molecule has 1 aliphatic heterocycles. The van der Waals surface area contributed by atoms with Gasteiger partial charge in [-0.2, -0.15) is 0 Å². The van der Waals surface area contributed by atoms with Crippen molar-refractivity contribution in [1.29, 1.82) is 0 Å². The number of amides is 1. The Morgan fingerprint density at radius 3 is 2.09 bits per heavy atom. The lowest BCUT2D eigenvalue weighted by molar-refractivity contribution is -0.132. The molecule has 2 aromatic rings. The van der Waals surface area contributed by atoms with Crippen LogP contribution in [-0.4, -0.2) is 30.5 Å². The average molecular weight is 360 g/mol. The van der Waals surface area contributed by atoms with Crippen molar-refractivity contribution in [3.8, 4) is 16.9 Å². The molecule has 0 radical (unpaired) electrons. The first-order valence-corrected chi connectivity index (χ1v) is 8.28. The number of hydrogen-bond acceptors (Lipinski definition) is 2. The number of carbonyl (C=O) groups is 1. The van der Waals surface area contributed by atoms with Gasteiger partial charge in [0.15, 0.2) is 6.61 Å². The molecule has 1 amide bonds. The molecular weight excluding hydrogens is 342 g/mol. The first kappa shape index (κ1) is 15.1. The van der Waals surface area contributed by atoms with Gasteiger partial charge >= 0.3 is 0 Å². The topological polar surface area (TPSA) is 29.5 Å². The molecule has 2 aromatic carbocycles. The molecule has 1 fully saturated rings. The number of carbonyl (C=O) groups excluding carboxylic acids is 1. The van der Waals surface area contributed by atoms with E-state index in [0.29, 0.717) is 0 Å². The van der Waals surface area contributed by atoms with E-state index < -0.39 is 0 Å². The molecule has 1 saturated heterocycles. The molecule has 0 aliphatic carbocycles. The van der Waals surface area contributed by atoms with Crippen molar-refractivity contribution in [2.75, 3.05) is 19.7 Å². The lowest BCUT2D eigenvalue weighted by atomic mass is 10.1. The highest BCUT2D eigenvalue weighted by molar-refractivity contribution is 9.10. The van der Waals surface area contributed by atoms with E-state index in [-0.39, 0.29) is 12.5 Å². The Morgan fingerprint density at radius 1 is 0.955 bits per heavy atom. The quantitative estimate of drug-likeness (QED) is 0.821. The summed E-state index contributed by atoms with van der Waals surface area (Å²) in [7, 11) is 0. The summed E-state index contributed by atoms with van der Waals surface area (Å²) in [5.41, 5.74) is 2.29. The van der Waals surface area contributed by atoms with E-state index in [9.17, 15) is 4.79 Å². The van der Waals surface area contributed by atoms with Crippen LogP contribution in [0.2, 0.25) is 0 Å². The fourth-order valence-corrected chi connectivity index (χ4v) is 2.85. The third-order valence-corrected chi connectivity index (χ3v) is 4.38. The fraction of sp³-hybridized carbons (Fsp3) is 0.278. The van der Waals surface area contributed by atoms with E-state index >= 15 is 0 Å². The summed E-state index contributed by atoms with van der Waals surface area (Å²) in [4.78, 5) is 13.8. The van der Waals surface area contributed by atoms with Gasteiger partial charge in [-0.3, -0.25) is 4.79 Å². The van der Waals surface area contributed by atoms with E-state index in [2.05, 4.69) is 28.1 Å². The number of rotatable bonds is 4. The van der Waals surface area contributed by atoms with Crippen LogP contribution in [0.25, 0.3) is 11.1 Å². The normalized spacial score (nSPS) is 14.1. The molecule has 0 spiro atoms. The first-order valence-electron chi connectivity index (χ1n) is 7.49. The van der Waals surface area contributed by atoms with Crippen molar-refractivity contribution in [2.45, 2.75) is 12.8 Å². The van der Waals surface area contributed by atoms with Crippen molar-refractivity contribution in [1.82, 2.24) is 4.90 Å². The van der Waals surface area contributed by atoms with E-state index in [4.69, 9.17) is 4.74 Å². The smallest absolute Gasteiger partial charge is 0.260 e. The second-order valence-electron chi connectivity index (χ2n) is 5.41. The predicted octanol–water partition coefficient (Wildman–Crippen LogP) is 4.12.